The van der Waals surface area contributed by atoms with Gasteiger partial charge in [0.2, 0.25) is 5.69 Å². The molecule has 1 N–H and O–H groups in total. The van der Waals surface area contributed by atoms with Gasteiger partial charge in [0.1, 0.15) is 11.9 Å². The van der Waals surface area contributed by atoms with Crippen LogP contribution >= 0.6 is 11.6 Å². The van der Waals surface area contributed by atoms with Gasteiger partial charge in [0.25, 0.3) is 0 Å². The molecular formula is C14H11ClN4O2. The Hall–Kier alpha value is -2.65. The highest BCUT2D eigenvalue weighted by Gasteiger charge is 2.15. The quantitative estimate of drug-likeness (QED) is 0.676. The highest BCUT2D eigenvalue weighted by Crippen LogP contribution is 2.18. The summed E-state index contributed by atoms with van der Waals surface area (Å²) in [6.07, 6.45) is 0.748. The van der Waals surface area contributed by atoms with Gasteiger partial charge in [-0.25, -0.2) is 4.98 Å². The molecule has 0 aliphatic rings. The molecule has 1 aromatic carbocycles. The lowest BCUT2D eigenvalue weighted by molar-refractivity contribution is -0.385. The number of nitro groups is 1. The summed E-state index contributed by atoms with van der Waals surface area (Å²) in [7, 11) is 0. The number of nitriles is 1. The average molecular weight is 303 g/mol. The van der Waals surface area contributed by atoms with E-state index in [9.17, 15) is 10.1 Å². The molecule has 0 spiro atoms. The molecule has 0 saturated carbocycles. The third-order valence-electron chi connectivity index (χ3n) is 2.81. The Morgan fingerprint density at radius 2 is 2.00 bits per heavy atom. The topological polar surface area (TPSA) is 91.8 Å². The highest BCUT2D eigenvalue weighted by atomic mass is 35.5. The van der Waals surface area contributed by atoms with Crippen LogP contribution in [0.5, 0.6) is 0 Å². The van der Waals surface area contributed by atoms with Crippen molar-refractivity contribution in [2.45, 2.75) is 6.42 Å². The molecular weight excluding hydrogens is 292 g/mol. The number of anilines is 1. The number of aromatic nitrogens is 1. The molecule has 0 aliphatic carbocycles. The van der Waals surface area contributed by atoms with Gasteiger partial charge in [-0.3, -0.25) is 10.1 Å². The second-order valence-corrected chi connectivity index (χ2v) is 4.67. The van der Waals surface area contributed by atoms with Crippen molar-refractivity contribution in [3.05, 3.63) is 62.8 Å². The van der Waals surface area contributed by atoms with Crippen LogP contribution in [0.4, 0.5) is 11.5 Å². The van der Waals surface area contributed by atoms with E-state index in [-0.39, 0.29) is 11.4 Å². The first-order chi connectivity index (χ1) is 10.1. The molecule has 0 unspecified atom stereocenters. The molecule has 0 aliphatic heterocycles. The van der Waals surface area contributed by atoms with Crippen LogP contribution in [0.15, 0.2) is 36.4 Å². The molecule has 0 atom stereocenters. The summed E-state index contributed by atoms with van der Waals surface area (Å²) in [5, 5.41) is 23.3. The van der Waals surface area contributed by atoms with Crippen molar-refractivity contribution in [2.24, 2.45) is 0 Å². The molecule has 2 aromatic rings. The van der Waals surface area contributed by atoms with Crippen LogP contribution < -0.4 is 5.32 Å². The standard InChI is InChI=1S/C14H11ClN4O2/c15-11-3-1-10(2-4-11)7-8-17-14-6-5-13(19(20)21)12(9-16)18-14/h1-6H,7-8H2,(H,17,18). The molecule has 0 bridgehead atoms. The van der Waals surface area contributed by atoms with E-state index in [1.807, 2.05) is 24.3 Å². The van der Waals surface area contributed by atoms with Crippen LogP contribution in [0, 0.1) is 21.4 Å². The van der Waals surface area contributed by atoms with Crippen LogP contribution in [0.2, 0.25) is 5.02 Å². The van der Waals surface area contributed by atoms with Gasteiger partial charge in [-0.15, -0.1) is 0 Å². The molecule has 6 nitrogen and oxygen atoms in total. The largest absolute Gasteiger partial charge is 0.370 e. The van der Waals surface area contributed by atoms with Crippen molar-refractivity contribution >= 4 is 23.1 Å². The normalized spacial score (nSPS) is 9.90. The minimum absolute atomic E-state index is 0.198. The Morgan fingerprint density at radius 3 is 2.62 bits per heavy atom. The first-order valence-corrected chi connectivity index (χ1v) is 6.52. The fourth-order valence-corrected chi connectivity index (χ4v) is 1.89. The Morgan fingerprint density at radius 1 is 1.29 bits per heavy atom. The van der Waals surface area contributed by atoms with Gasteiger partial charge in [0.05, 0.1) is 4.92 Å². The van der Waals surface area contributed by atoms with Crippen molar-refractivity contribution in [3.63, 3.8) is 0 Å². The van der Waals surface area contributed by atoms with Gasteiger partial charge in [0.15, 0.2) is 0 Å². The maximum Gasteiger partial charge on any atom is 0.305 e. The molecule has 21 heavy (non-hydrogen) atoms. The number of hydrogen-bond donors (Lipinski definition) is 1. The van der Waals surface area contributed by atoms with Gasteiger partial charge in [-0.1, -0.05) is 23.7 Å². The number of pyridine rings is 1. The Balaban J connectivity index is 1.99. The second-order valence-electron chi connectivity index (χ2n) is 4.24. The summed E-state index contributed by atoms with van der Waals surface area (Å²) in [6, 6.07) is 12.0. The molecule has 1 heterocycles. The van der Waals surface area contributed by atoms with Gasteiger partial charge in [-0.05, 0) is 30.2 Å². The van der Waals surface area contributed by atoms with E-state index < -0.39 is 4.92 Å². The molecule has 1 aromatic heterocycles. The monoisotopic (exact) mass is 302 g/mol. The van der Waals surface area contributed by atoms with E-state index in [0.29, 0.717) is 17.4 Å². The summed E-state index contributed by atoms with van der Waals surface area (Å²) >= 11 is 5.80. The third kappa shape index (κ3) is 3.91. The van der Waals surface area contributed by atoms with E-state index >= 15 is 0 Å². The minimum atomic E-state index is -0.622. The lowest BCUT2D eigenvalue weighted by Gasteiger charge is -2.06. The van der Waals surface area contributed by atoms with Crippen LogP contribution in [-0.2, 0) is 6.42 Å². The highest BCUT2D eigenvalue weighted by molar-refractivity contribution is 6.30. The van der Waals surface area contributed by atoms with E-state index in [4.69, 9.17) is 16.9 Å². The van der Waals surface area contributed by atoms with Crippen molar-refractivity contribution < 1.29 is 4.92 Å². The molecule has 106 valence electrons. The number of nitrogens with zero attached hydrogens (tertiary/aromatic N) is 3. The number of benzene rings is 1. The van der Waals surface area contributed by atoms with Crippen LogP contribution in [-0.4, -0.2) is 16.5 Å². The predicted molar refractivity (Wildman–Crippen MR) is 79.3 cm³/mol. The van der Waals surface area contributed by atoms with Crippen molar-refractivity contribution in [1.29, 1.82) is 5.26 Å². The van der Waals surface area contributed by atoms with Gasteiger partial charge in [-0.2, -0.15) is 5.26 Å². The van der Waals surface area contributed by atoms with E-state index in [0.717, 1.165) is 12.0 Å². The zero-order valence-electron chi connectivity index (χ0n) is 10.9. The lowest BCUT2D eigenvalue weighted by Crippen LogP contribution is -2.07. The first-order valence-electron chi connectivity index (χ1n) is 6.14. The molecule has 2 rings (SSSR count). The second kappa shape index (κ2) is 6.68. The molecule has 0 fully saturated rings. The smallest absolute Gasteiger partial charge is 0.305 e. The number of rotatable bonds is 5. The van der Waals surface area contributed by atoms with Crippen LogP contribution in [0.25, 0.3) is 0 Å². The van der Waals surface area contributed by atoms with Crippen LogP contribution in [0.3, 0.4) is 0 Å². The maximum atomic E-state index is 10.7. The average Bonchev–Trinajstić information content (AvgIpc) is 2.49. The molecule has 0 radical (unpaired) electrons. The SMILES string of the molecule is N#Cc1nc(NCCc2ccc(Cl)cc2)ccc1[N+](=O)[O-]. The number of hydrogen-bond acceptors (Lipinski definition) is 5. The molecule has 0 saturated heterocycles. The van der Waals surface area contributed by atoms with Crippen molar-refractivity contribution in [1.82, 2.24) is 4.98 Å². The van der Waals surface area contributed by atoms with Crippen molar-refractivity contribution in [3.8, 4) is 6.07 Å². The fourth-order valence-electron chi connectivity index (χ4n) is 1.77. The summed E-state index contributed by atoms with van der Waals surface area (Å²) in [5.74, 6) is 0.436. The van der Waals surface area contributed by atoms with E-state index in [2.05, 4.69) is 10.3 Å². The van der Waals surface area contributed by atoms with E-state index in [1.54, 1.807) is 6.07 Å². The predicted octanol–water partition coefficient (Wildman–Crippen LogP) is 3.17. The van der Waals surface area contributed by atoms with Gasteiger partial charge >= 0.3 is 5.69 Å². The lowest BCUT2D eigenvalue weighted by atomic mass is 10.1. The summed E-state index contributed by atoms with van der Waals surface area (Å²) in [5.41, 5.74) is 0.617. The Labute approximate surface area is 126 Å². The number of halogens is 1. The first kappa shape index (κ1) is 14.8. The molecule has 7 heteroatoms. The maximum absolute atomic E-state index is 10.7. The van der Waals surface area contributed by atoms with Gasteiger partial charge < -0.3 is 5.32 Å². The Bertz CT molecular complexity index is 695. The minimum Gasteiger partial charge on any atom is -0.370 e. The van der Waals surface area contributed by atoms with Crippen molar-refractivity contribution in [2.75, 3.05) is 11.9 Å². The van der Waals surface area contributed by atoms with Crippen LogP contribution in [0.1, 0.15) is 11.3 Å². The van der Waals surface area contributed by atoms with E-state index in [1.165, 1.54) is 12.1 Å². The summed E-state index contributed by atoms with van der Waals surface area (Å²) in [4.78, 5) is 14.0. The summed E-state index contributed by atoms with van der Waals surface area (Å²) in [6.45, 7) is 0.595. The third-order valence-corrected chi connectivity index (χ3v) is 3.06. The number of nitrogens with one attached hydrogen (secondary N) is 1. The summed E-state index contributed by atoms with van der Waals surface area (Å²) < 4.78 is 0. The van der Waals surface area contributed by atoms with Gasteiger partial charge in [0, 0.05) is 17.6 Å². The zero-order valence-corrected chi connectivity index (χ0v) is 11.7. The zero-order chi connectivity index (χ0) is 15.2. The molecule has 0 amide bonds. The Kier molecular flexibility index (Phi) is 4.69. The fraction of sp³-hybridized carbons (Fsp3) is 0.143.